The number of ether oxygens (including phenoxy) is 2. The summed E-state index contributed by atoms with van der Waals surface area (Å²) < 4.78 is 8.91. The van der Waals surface area contributed by atoms with E-state index in [9.17, 15) is 9.59 Å². The molecular weight excluding hydrogens is 148 g/mol. The van der Waals surface area contributed by atoms with Crippen LogP contribution < -0.4 is 0 Å². The van der Waals surface area contributed by atoms with Gasteiger partial charge in [-0.15, -0.1) is 0 Å². The lowest BCUT2D eigenvalue weighted by molar-refractivity contribution is -0.125. The molecule has 1 atom stereocenters. The molecule has 0 N–H and O–H groups in total. The highest BCUT2D eigenvalue weighted by Crippen LogP contribution is 2.17. The first-order valence-corrected chi connectivity index (χ1v) is 3.51. The Morgan fingerprint density at radius 3 is 2.82 bits per heavy atom. The molecule has 1 saturated carbocycles. The van der Waals surface area contributed by atoms with Crippen LogP contribution in [0.4, 0.5) is 4.79 Å². The van der Waals surface area contributed by atoms with E-state index in [1.54, 1.807) is 0 Å². The summed E-state index contributed by atoms with van der Waals surface area (Å²) in [5, 5.41) is 0. The van der Waals surface area contributed by atoms with E-state index in [1.165, 1.54) is 7.11 Å². The van der Waals surface area contributed by atoms with Crippen LogP contribution in [0.2, 0.25) is 0 Å². The molecule has 0 aromatic carbocycles. The molecule has 1 fully saturated rings. The van der Waals surface area contributed by atoms with Gasteiger partial charge >= 0.3 is 6.16 Å². The minimum absolute atomic E-state index is 0.00426. The lowest BCUT2D eigenvalue weighted by Gasteiger charge is -2.07. The summed E-state index contributed by atoms with van der Waals surface area (Å²) in [7, 11) is 1.22. The van der Waals surface area contributed by atoms with Crippen LogP contribution in [0, 0.1) is 0 Å². The maximum Gasteiger partial charge on any atom is 0.508 e. The Bertz CT molecular complexity index is 175. The Kier molecular flexibility index (Phi) is 2.46. The minimum atomic E-state index is -0.773. The molecule has 62 valence electrons. The standard InChI is InChI=1S/C7H10O4/c1-10-7(9)11-6-4-2-3-5(6)8/h6H,2-4H2,1H3. The minimum Gasteiger partial charge on any atom is -0.438 e. The number of ketones is 1. The van der Waals surface area contributed by atoms with Gasteiger partial charge in [0.15, 0.2) is 11.9 Å². The summed E-state index contributed by atoms with van der Waals surface area (Å²) in [6.45, 7) is 0. The molecule has 1 aliphatic carbocycles. The molecule has 1 unspecified atom stereocenters. The molecule has 0 heterocycles. The highest BCUT2D eigenvalue weighted by atomic mass is 16.7. The lowest BCUT2D eigenvalue weighted by Crippen LogP contribution is -2.21. The van der Waals surface area contributed by atoms with Crippen LogP contribution in [-0.2, 0) is 14.3 Å². The van der Waals surface area contributed by atoms with Gasteiger partial charge in [-0.05, 0) is 12.8 Å². The molecular formula is C7H10O4. The average Bonchev–Trinajstić information content (AvgIpc) is 2.37. The van der Waals surface area contributed by atoms with Gasteiger partial charge < -0.3 is 9.47 Å². The van der Waals surface area contributed by atoms with Crippen molar-refractivity contribution in [1.29, 1.82) is 0 Å². The monoisotopic (exact) mass is 158 g/mol. The first kappa shape index (κ1) is 8.04. The van der Waals surface area contributed by atoms with Crippen LogP contribution in [-0.4, -0.2) is 25.2 Å². The molecule has 0 aliphatic heterocycles. The molecule has 0 aromatic rings. The molecule has 11 heavy (non-hydrogen) atoms. The van der Waals surface area contributed by atoms with Crippen LogP contribution in [0.15, 0.2) is 0 Å². The highest BCUT2D eigenvalue weighted by molar-refractivity contribution is 5.86. The van der Waals surface area contributed by atoms with E-state index in [-0.39, 0.29) is 5.78 Å². The van der Waals surface area contributed by atoms with Gasteiger partial charge in [0, 0.05) is 6.42 Å². The highest BCUT2D eigenvalue weighted by Gasteiger charge is 2.27. The zero-order chi connectivity index (χ0) is 8.27. The summed E-state index contributed by atoms with van der Waals surface area (Å²) in [4.78, 5) is 21.4. The van der Waals surface area contributed by atoms with Crippen molar-refractivity contribution in [3.63, 3.8) is 0 Å². The molecule has 0 amide bonds. The zero-order valence-corrected chi connectivity index (χ0v) is 6.33. The first-order chi connectivity index (χ1) is 5.24. The third kappa shape index (κ3) is 1.93. The van der Waals surface area contributed by atoms with E-state index in [0.29, 0.717) is 12.8 Å². The molecule has 4 nitrogen and oxygen atoms in total. The van der Waals surface area contributed by atoms with Gasteiger partial charge in [0.05, 0.1) is 7.11 Å². The third-order valence-electron chi connectivity index (χ3n) is 1.65. The Morgan fingerprint density at radius 1 is 1.64 bits per heavy atom. The Hall–Kier alpha value is -1.06. The van der Waals surface area contributed by atoms with Gasteiger partial charge in [-0.1, -0.05) is 0 Å². The van der Waals surface area contributed by atoms with Crippen molar-refractivity contribution in [2.24, 2.45) is 0 Å². The predicted octanol–water partition coefficient (Wildman–Crippen LogP) is 0.891. The predicted molar refractivity (Wildman–Crippen MR) is 36.1 cm³/mol. The Morgan fingerprint density at radius 2 is 2.36 bits per heavy atom. The number of carbonyl (C=O) groups excluding carboxylic acids is 2. The molecule has 0 saturated heterocycles. The molecule has 0 spiro atoms. The van der Waals surface area contributed by atoms with E-state index in [4.69, 9.17) is 0 Å². The van der Waals surface area contributed by atoms with Gasteiger partial charge in [-0.25, -0.2) is 4.79 Å². The van der Waals surface area contributed by atoms with Crippen molar-refractivity contribution >= 4 is 11.9 Å². The second kappa shape index (κ2) is 3.37. The van der Waals surface area contributed by atoms with Crippen LogP contribution in [0.1, 0.15) is 19.3 Å². The van der Waals surface area contributed by atoms with Gasteiger partial charge in [0.25, 0.3) is 0 Å². The smallest absolute Gasteiger partial charge is 0.438 e. The maximum absolute atomic E-state index is 10.9. The van der Waals surface area contributed by atoms with E-state index in [1.807, 2.05) is 0 Å². The Labute approximate surface area is 64.5 Å². The second-order valence-electron chi connectivity index (χ2n) is 2.42. The topological polar surface area (TPSA) is 52.6 Å². The SMILES string of the molecule is COC(=O)OC1CCCC1=O. The maximum atomic E-state index is 10.9. The first-order valence-electron chi connectivity index (χ1n) is 3.51. The van der Waals surface area contributed by atoms with Gasteiger partial charge in [0.1, 0.15) is 0 Å². The number of methoxy groups -OCH3 is 1. The van der Waals surface area contributed by atoms with Crippen molar-refractivity contribution in [2.45, 2.75) is 25.4 Å². The number of rotatable bonds is 1. The number of Topliss-reactive ketones (excluding diaryl/α,β-unsaturated/α-hetero) is 1. The quantitative estimate of drug-likeness (QED) is 0.532. The number of hydrogen-bond donors (Lipinski definition) is 0. The molecule has 0 aromatic heterocycles. The summed E-state index contributed by atoms with van der Waals surface area (Å²) in [5.41, 5.74) is 0. The van der Waals surface area contributed by atoms with Crippen LogP contribution in [0.3, 0.4) is 0 Å². The summed E-state index contributed by atoms with van der Waals surface area (Å²) in [6, 6.07) is 0. The summed E-state index contributed by atoms with van der Waals surface area (Å²) in [6.07, 6.45) is 0.628. The molecule has 1 aliphatic rings. The largest absolute Gasteiger partial charge is 0.508 e. The van der Waals surface area contributed by atoms with E-state index in [2.05, 4.69) is 9.47 Å². The van der Waals surface area contributed by atoms with Crippen molar-refractivity contribution in [1.82, 2.24) is 0 Å². The van der Waals surface area contributed by atoms with Crippen molar-refractivity contribution in [3.05, 3.63) is 0 Å². The van der Waals surface area contributed by atoms with Crippen molar-refractivity contribution < 1.29 is 19.1 Å². The summed E-state index contributed by atoms with van der Waals surface area (Å²) in [5.74, 6) is -0.00426. The molecule has 0 radical (unpaired) electrons. The zero-order valence-electron chi connectivity index (χ0n) is 6.33. The fraction of sp³-hybridized carbons (Fsp3) is 0.714. The lowest BCUT2D eigenvalue weighted by atomic mass is 10.3. The van der Waals surface area contributed by atoms with E-state index >= 15 is 0 Å². The molecule has 1 rings (SSSR count). The molecule has 4 heteroatoms. The second-order valence-corrected chi connectivity index (χ2v) is 2.42. The number of hydrogen-bond acceptors (Lipinski definition) is 4. The molecule has 0 bridgehead atoms. The summed E-state index contributed by atoms with van der Waals surface area (Å²) >= 11 is 0. The van der Waals surface area contributed by atoms with E-state index < -0.39 is 12.3 Å². The average molecular weight is 158 g/mol. The normalized spacial score (nSPS) is 23.4. The van der Waals surface area contributed by atoms with Crippen LogP contribution >= 0.6 is 0 Å². The van der Waals surface area contributed by atoms with Crippen LogP contribution in [0.5, 0.6) is 0 Å². The fourth-order valence-corrected chi connectivity index (χ4v) is 1.07. The fourth-order valence-electron chi connectivity index (χ4n) is 1.07. The number of carbonyl (C=O) groups is 2. The van der Waals surface area contributed by atoms with Crippen molar-refractivity contribution in [3.8, 4) is 0 Å². The Balaban J connectivity index is 2.36. The van der Waals surface area contributed by atoms with Crippen molar-refractivity contribution in [2.75, 3.05) is 7.11 Å². The van der Waals surface area contributed by atoms with E-state index in [0.717, 1.165) is 6.42 Å². The van der Waals surface area contributed by atoms with Crippen LogP contribution in [0.25, 0.3) is 0 Å². The van der Waals surface area contributed by atoms with Gasteiger partial charge in [0.2, 0.25) is 0 Å². The van der Waals surface area contributed by atoms with Gasteiger partial charge in [-0.3, -0.25) is 4.79 Å². The van der Waals surface area contributed by atoms with Gasteiger partial charge in [-0.2, -0.15) is 0 Å². The third-order valence-corrected chi connectivity index (χ3v) is 1.65.